The molecule has 6 heteroatoms. The standard InChI is InChI=1S/C17H21ClN4O/c1-19-17(21-11-14-6-9-16(23-3)20-10-14)22(2)12-13-4-7-15(18)8-5-13/h4-10H,11-12H2,1-3H3,(H,19,21). The lowest BCUT2D eigenvalue weighted by Gasteiger charge is -2.22. The molecule has 2 aromatic rings. The molecule has 0 aliphatic carbocycles. The van der Waals surface area contributed by atoms with E-state index in [-0.39, 0.29) is 0 Å². The maximum atomic E-state index is 5.91. The maximum Gasteiger partial charge on any atom is 0.212 e. The fraction of sp³-hybridized carbons (Fsp3) is 0.294. The highest BCUT2D eigenvalue weighted by Crippen LogP contribution is 2.11. The second-order valence-corrected chi connectivity index (χ2v) is 5.53. The fourth-order valence-corrected chi connectivity index (χ4v) is 2.27. The molecule has 1 aromatic carbocycles. The highest BCUT2D eigenvalue weighted by Gasteiger charge is 2.07. The first-order chi connectivity index (χ1) is 11.1. The van der Waals surface area contributed by atoms with E-state index in [0.717, 1.165) is 23.1 Å². The number of rotatable bonds is 5. The molecular weight excluding hydrogens is 312 g/mol. The van der Waals surface area contributed by atoms with E-state index < -0.39 is 0 Å². The predicted octanol–water partition coefficient (Wildman–Crippen LogP) is 2.95. The smallest absolute Gasteiger partial charge is 0.212 e. The number of aromatic nitrogens is 1. The van der Waals surface area contributed by atoms with Gasteiger partial charge in [-0.05, 0) is 23.3 Å². The van der Waals surface area contributed by atoms with Gasteiger partial charge in [0.15, 0.2) is 5.96 Å². The van der Waals surface area contributed by atoms with Crippen molar-refractivity contribution in [2.45, 2.75) is 13.1 Å². The van der Waals surface area contributed by atoms with Crippen LogP contribution in [0.5, 0.6) is 5.88 Å². The lowest BCUT2D eigenvalue weighted by molar-refractivity contribution is 0.397. The maximum absolute atomic E-state index is 5.91. The number of nitrogens with one attached hydrogen (secondary N) is 1. The molecule has 0 saturated heterocycles. The molecule has 0 aliphatic heterocycles. The third-order valence-electron chi connectivity index (χ3n) is 3.36. The molecule has 1 aromatic heterocycles. The number of aliphatic imine (C=N–C) groups is 1. The predicted molar refractivity (Wildman–Crippen MR) is 93.9 cm³/mol. The van der Waals surface area contributed by atoms with Gasteiger partial charge in [0.05, 0.1) is 7.11 Å². The average Bonchev–Trinajstić information content (AvgIpc) is 2.58. The van der Waals surface area contributed by atoms with Gasteiger partial charge in [0.25, 0.3) is 0 Å². The highest BCUT2D eigenvalue weighted by atomic mass is 35.5. The van der Waals surface area contributed by atoms with Crippen molar-refractivity contribution >= 4 is 17.6 Å². The molecule has 0 spiro atoms. The summed E-state index contributed by atoms with van der Waals surface area (Å²) in [7, 11) is 5.37. The van der Waals surface area contributed by atoms with Crippen LogP contribution in [0.25, 0.3) is 0 Å². The SMILES string of the molecule is CN=C(NCc1ccc(OC)nc1)N(C)Cc1ccc(Cl)cc1. The van der Waals surface area contributed by atoms with E-state index in [2.05, 4.69) is 20.2 Å². The number of benzene rings is 1. The molecule has 2 rings (SSSR count). The quantitative estimate of drug-likeness (QED) is 0.675. The van der Waals surface area contributed by atoms with Crippen molar-refractivity contribution in [2.75, 3.05) is 21.2 Å². The fourth-order valence-electron chi connectivity index (χ4n) is 2.14. The third-order valence-corrected chi connectivity index (χ3v) is 3.62. The van der Waals surface area contributed by atoms with Gasteiger partial charge in [0.2, 0.25) is 5.88 Å². The Morgan fingerprint density at radius 2 is 1.91 bits per heavy atom. The van der Waals surface area contributed by atoms with Crippen LogP contribution in [0.3, 0.4) is 0 Å². The van der Waals surface area contributed by atoms with Gasteiger partial charge in [-0.3, -0.25) is 4.99 Å². The van der Waals surface area contributed by atoms with Gasteiger partial charge >= 0.3 is 0 Å². The van der Waals surface area contributed by atoms with E-state index in [4.69, 9.17) is 16.3 Å². The number of ether oxygens (including phenoxy) is 1. The van der Waals surface area contributed by atoms with Crippen molar-refractivity contribution in [3.8, 4) is 5.88 Å². The number of pyridine rings is 1. The number of halogens is 1. The monoisotopic (exact) mass is 332 g/mol. The number of hydrogen-bond acceptors (Lipinski definition) is 3. The Balaban J connectivity index is 1.92. The molecule has 0 unspecified atom stereocenters. The molecular formula is C17H21ClN4O. The van der Waals surface area contributed by atoms with Crippen LogP contribution in [-0.2, 0) is 13.1 Å². The lowest BCUT2D eigenvalue weighted by atomic mass is 10.2. The second kappa shape index (κ2) is 8.39. The minimum atomic E-state index is 0.609. The van der Waals surface area contributed by atoms with Gasteiger partial charge in [-0.1, -0.05) is 29.8 Å². The van der Waals surface area contributed by atoms with Crippen molar-refractivity contribution in [2.24, 2.45) is 4.99 Å². The molecule has 0 aliphatic rings. The second-order valence-electron chi connectivity index (χ2n) is 5.09. The topological polar surface area (TPSA) is 49.8 Å². The van der Waals surface area contributed by atoms with Gasteiger partial charge in [-0.15, -0.1) is 0 Å². The first-order valence-electron chi connectivity index (χ1n) is 7.27. The highest BCUT2D eigenvalue weighted by molar-refractivity contribution is 6.30. The molecule has 0 fully saturated rings. The van der Waals surface area contributed by atoms with E-state index in [1.165, 1.54) is 5.56 Å². The zero-order valence-corrected chi connectivity index (χ0v) is 14.3. The summed E-state index contributed by atoms with van der Waals surface area (Å²) in [6, 6.07) is 11.6. The van der Waals surface area contributed by atoms with Crippen molar-refractivity contribution in [1.82, 2.24) is 15.2 Å². The summed E-state index contributed by atoms with van der Waals surface area (Å²) in [5.41, 5.74) is 2.23. The minimum Gasteiger partial charge on any atom is -0.481 e. The summed E-state index contributed by atoms with van der Waals surface area (Å²) < 4.78 is 5.06. The molecule has 1 heterocycles. The number of guanidine groups is 1. The first kappa shape index (κ1) is 17.1. The van der Waals surface area contributed by atoms with Gasteiger partial charge in [0.1, 0.15) is 0 Å². The lowest BCUT2D eigenvalue weighted by Crippen LogP contribution is -2.38. The van der Waals surface area contributed by atoms with Crippen LogP contribution in [0.2, 0.25) is 5.02 Å². The van der Waals surface area contributed by atoms with E-state index >= 15 is 0 Å². The summed E-state index contributed by atoms with van der Waals surface area (Å²) in [4.78, 5) is 10.6. The zero-order chi connectivity index (χ0) is 16.7. The van der Waals surface area contributed by atoms with E-state index in [9.17, 15) is 0 Å². The van der Waals surface area contributed by atoms with Crippen molar-refractivity contribution in [1.29, 1.82) is 0 Å². The normalized spacial score (nSPS) is 11.2. The summed E-state index contributed by atoms with van der Waals surface area (Å²) in [6.07, 6.45) is 1.79. The van der Waals surface area contributed by atoms with E-state index in [1.807, 2.05) is 43.4 Å². The van der Waals surface area contributed by atoms with Crippen LogP contribution in [0.1, 0.15) is 11.1 Å². The Kier molecular flexibility index (Phi) is 6.23. The average molecular weight is 333 g/mol. The zero-order valence-electron chi connectivity index (χ0n) is 13.6. The largest absolute Gasteiger partial charge is 0.481 e. The Morgan fingerprint density at radius 3 is 2.48 bits per heavy atom. The van der Waals surface area contributed by atoms with Crippen LogP contribution in [0.15, 0.2) is 47.6 Å². The van der Waals surface area contributed by atoms with Crippen molar-refractivity contribution < 1.29 is 4.74 Å². The molecule has 0 radical (unpaired) electrons. The number of nitrogens with zero attached hydrogens (tertiary/aromatic N) is 3. The third kappa shape index (κ3) is 5.14. The van der Waals surface area contributed by atoms with E-state index in [1.54, 1.807) is 20.4 Å². The van der Waals surface area contributed by atoms with Gasteiger partial charge in [-0.25, -0.2) is 4.98 Å². The van der Waals surface area contributed by atoms with Crippen LogP contribution in [0.4, 0.5) is 0 Å². The van der Waals surface area contributed by atoms with Crippen LogP contribution in [0, 0.1) is 0 Å². The van der Waals surface area contributed by atoms with Gasteiger partial charge < -0.3 is 15.0 Å². The molecule has 0 atom stereocenters. The molecule has 1 N–H and O–H groups in total. The van der Waals surface area contributed by atoms with Crippen LogP contribution < -0.4 is 10.1 Å². The Labute approximate surface area is 142 Å². The van der Waals surface area contributed by atoms with E-state index in [0.29, 0.717) is 12.4 Å². The van der Waals surface area contributed by atoms with Crippen molar-refractivity contribution in [3.63, 3.8) is 0 Å². The Bertz CT molecular complexity index is 641. The molecule has 0 saturated carbocycles. The summed E-state index contributed by atoms with van der Waals surface area (Å²) in [5.74, 6) is 1.42. The molecule has 0 amide bonds. The Hall–Kier alpha value is -2.27. The summed E-state index contributed by atoms with van der Waals surface area (Å²) >= 11 is 5.91. The van der Waals surface area contributed by atoms with Gasteiger partial charge in [0, 0.05) is 44.5 Å². The molecule has 122 valence electrons. The summed E-state index contributed by atoms with van der Waals surface area (Å²) in [5, 5.41) is 4.07. The minimum absolute atomic E-state index is 0.609. The van der Waals surface area contributed by atoms with Crippen molar-refractivity contribution in [3.05, 3.63) is 58.7 Å². The number of hydrogen-bond donors (Lipinski definition) is 1. The molecule has 0 bridgehead atoms. The molecule has 23 heavy (non-hydrogen) atoms. The first-order valence-corrected chi connectivity index (χ1v) is 7.65. The number of methoxy groups -OCH3 is 1. The summed E-state index contributed by atoms with van der Waals surface area (Å²) in [6.45, 7) is 1.40. The van der Waals surface area contributed by atoms with Crippen LogP contribution >= 0.6 is 11.6 Å². The van der Waals surface area contributed by atoms with Crippen LogP contribution in [-0.4, -0.2) is 37.0 Å². The molecule has 5 nitrogen and oxygen atoms in total. The Morgan fingerprint density at radius 1 is 1.22 bits per heavy atom. The van der Waals surface area contributed by atoms with Gasteiger partial charge in [-0.2, -0.15) is 0 Å².